The predicted molar refractivity (Wildman–Crippen MR) is 61.6 cm³/mol. The van der Waals surface area contributed by atoms with Crippen molar-refractivity contribution in [3.8, 4) is 0 Å². The number of anilines is 2. The smallest absolute Gasteiger partial charge is 0.0739 e. The topological polar surface area (TPSA) is 38.0 Å². The Labute approximate surface area is 89.4 Å². The average Bonchev–Trinajstić information content (AvgIpc) is 2.85. The van der Waals surface area contributed by atoms with Gasteiger partial charge in [-0.3, -0.25) is 0 Å². The summed E-state index contributed by atoms with van der Waals surface area (Å²) in [5.74, 6) is 1.68. The highest BCUT2D eigenvalue weighted by Crippen LogP contribution is 2.38. The first kappa shape index (κ1) is 9.66. The maximum absolute atomic E-state index is 5.91. The van der Waals surface area contributed by atoms with Gasteiger partial charge in [0.25, 0.3) is 0 Å². The van der Waals surface area contributed by atoms with Crippen molar-refractivity contribution in [2.45, 2.75) is 13.3 Å². The van der Waals surface area contributed by atoms with Crippen LogP contribution in [-0.2, 0) is 0 Å². The van der Waals surface area contributed by atoms with Crippen LogP contribution in [0.3, 0.4) is 0 Å². The fourth-order valence-electron chi connectivity index (χ4n) is 1.62. The molecule has 1 aromatic carbocycles. The van der Waals surface area contributed by atoms with Crippen LogP contribution in [-0.4, -0.2) is 6.54 Å². The third-order valence-corrected chi connectivity index (χ3v) is 3.21. The molecule has 0 heterocycles. The van der Waals surface area contributed by atoms with Gasteiger partial charge in [-0.2, -0.15) is 0 Å². The molecular weight excluding hydrogens is 196 g/mol. The minimum atomic E-state index is 0.624. The second kappa shape index (κ2) is 3.70. The molecule has 3 heteroatoms. The van der Waals surface area contributed by atoms with Crippen LogP contribution in [0.5, 0.6) is 0 Å². The van der Waals surface area contributed by atoms with Gasteiger partial charge in [0, 0.05) is 6.54 Å². The summed E-state index contributed by atoms with van der Waals surface area (Å²) in [6.45, 7) is 3.28. The number of halogens is 1. The summed E-state index contributed by atoms with van der Waals surface area (Å²) >= 11 is 5.91. The largest absolute Gasteiger partial charge is 0.396 e. The molecular formula is C11H15ClN2. The van der Waals surface area contributed by atoms with Crippen LogP contribution < -0.4 is 11.1 Å². The molecule has 1 saturated carbocycles. The molecule has 3 N–H and O–H groups in total. The number of hydrogen-bond donors (Lipinski definition) is 2. The monoisotopic (exact) mass is 210 g/mol. The second-order valence-electron chi connectivity index (χ2n) is 4.06. The molecule has 1 aliphatic rings. The number of nitrogens with one attached hydrogen (secondary N) is 1. The highest BCUT2D eigenvalue weighted by molar-refractivity contribution is 6.33. The van der Waals surface area contributed by atoms with E-state index in [-0.39, 0.29) is 0 Å². The van der Waals surface area contributed by atoms with Gasteiger partial charge in [0.15, 0.2) is 0 Å². The van der Waals surface area contributed by atoms with Crippen molar-refractivity contribution in [1.29, 1.82) is 0 Å². The van der Waals surface area contributed by atoms with E-state index < -0.39 is 0 Å². The van der Waals surface area contributed by atoms with Crippen molar-refractivity contribution in [3.63, 3.8) is 0 Å². The van der Waals surface area contributed by atoms with E-state index in [1.54, 1.807) is 0 Å². The molecule has 0 aliphatic heterocycles. The quantitative estimate of drug-likeness (QED) is 0.753. The summed E-state index contributed by atoms with van der Waals surface area (Å²) in [5.41, 5.74) is 7.44. The molecule has 1 fully saturated rings. The molecule has 76 valence electrons. The second-order valence-corrected chi connectivity index (χ2v) is 4.46. The van der Waals surface area contributed by atoms with Gasteiger partial charge in [0.1, 0.15) is 0 Å². The molecule has 0 aromatic heterocycles. The Kier molecular flexibility index (Phi) is 2.55. The summed E-state index contributed by atoms with van der Waals surface area (Å²) in [7, 11) is 0. The summed E-state index contributed by atoms with van der Waals surface area (Å²) in [6, 6.07) is 5.69. The van der Waals surface area contributed by atoms with E-state index in [1.807, 2.05) is 18.2 Å². The molecule has 1 aliphatic carbocycles. The average molecular weight is 211 g/mol. The third kappa shape index (κ3) is 1.95. The highest BCUT2D eigenvalue weighted by Gasteiger charge is 2.31. The first-order valence-corrected chi connectivity index (χ1v) is 5.34. The van der Waals surface area contributed by atoms with E-state index in [1.165, 1.54) is 6.42 Å². The predicted octanol–water partition coefficient (Wildman–Crippen LogP) is 2.99. The van der Waals surface area contributed by atoms with Gasteiger partial charge in [-0.05, 0) is 30.4 Å². The summed E-state index contributed by atoms with van der Waals surface area (Å²) < 4.78 is 0. The Morgan fingerprint density at radius 1 is 1.57 bits per heavy atom. The van der Waals surface area contributed by atoms with Gasteiger partial charge in [0.2, 0.25) is 0 Å². The normalized spacial score (nSPS) is 24.7. The number of benzene rings is 1. The SMILES string of the molecule is CC1CC1CNc1cccc(Cl)c1N. The van der Waals surface area contributed by atoms with E-state index in [9.17, 15) is 0 Å². The Morgan fingerprint density at radius 3 is 2.93 bits per heavy atom. The molecule has 2 nitrogen and oxygen atoms in total. The lowest BCUT2D eigenvalue weighted by atomic mass is 10.2. The van der Waals surface area contributed by atoms with Gasteiger partial charge in [-0.15, -0.1) is 0 Å². The van der Waals surface area contributed by atoms with Crippen LogP contribution in [0, 0.1) is 11.8 Å². The van der Waals surface area contributed by atoms with Crippen molar-refractivity contribution in [3.05, 3.63) is 23.2 Å². The third-order valence-electron chi connectivity index (χ3n) is 2.88. The Morgan fingerprint density at radius 2 is 2.29 bits per heavy atom. The lowest BCUT2D eigenvalue weighted by Gasteiger charge is -2.09. The van der Waals surface area contributed by atoms with Crippen molar-refractivity contribution >= 4 is 23.0 Å². The first-order valence-electron chi connectivity index (χ1n) is 4.96. The molecule has 0 radical (unpaired) electrons. The molecule has 2 rings (SSSR count). The number of nitrogen functional groups attached to an aromatic ring is 1. The summed E-state index contributed by atoms with van der Waals surface area (Å²) in [6.07, 6.45) is 1.33. The lowest BCUT2D eigenvalue weighted by Crippen LogP contribution is -2.06. The minimum absolute atomic E-state index is 0.624. The standard InChI is InChI=1S/C11H15ClN2/c1-7-5-8(7)6-14-10-4-2-3-9(12)11(10)13/h2-4,7-8,14H,5-6,13H2,1H3. The zero-order valence-corrected chi connectivity index (χ0v) is 9.01. The van der Waals surface area contributed by atoms with Crippen LogP contribution >= 0.6 is 11.6 Å². The maximum Gasteiger partial charge on any atom is 0.0739 e. The maximum atomic E-state index is 5.91. The van der Waals surface area contributed by atoms with E-state index >= 15 is 0 Å². The van der Waals surface area contributed by atoms with E-state index in [0.717, 1.165) is 24.1 Å². The molecule has 2 unspecified atom stereocenters. The van der Waals surface area contributed by atoms with Gasteiger partial charge >= 0.3 is 0 Å². The minimum Gasteiger partial charge on any atom is -0.396 e. The number of nitrogens with two attached hydrogens (primary N) is 1. The van der Waals surface area contributed by atoms with E-state index in [4.69, 9.17) is 17.3 Å². The fourth-order valence-corrected chi connectivity index (χ4v) is 1.79. The number of hydrogen-bond acceptors (Lipinski definition) is 2. The molecule has 0 spiro atoms. The van der Waals surface area contributed by atoms with Crippen LogP contribution in [0.2, 0.25) is 5.02 Å². The van der Waals surface area contributed by atoms with Gasteiger partial charge < -0.3 is 11.1 Å². The molecule has 2 atom stereocenters. The van der Waals surface area contributed by atoms with Gasteiger partial charge in [0.05, 0.1) is 16.4 Å². The molecule has 1 aromatic rings. The van der Waals surface area contributed by atoms with Gasteiger partial charge in [-0.1, -0.05) is 24.6 Å². The highest BCUT2D eigenvalue weighted by atomic mass is 35.5. The van der Waals surface area contributed by atoms with E-state index in [2.05, 4.69) is 12.2 Å². The van der Waals surface area contributed by atoms with Crippen molar-refractivity contribution in [2.24, 2.45) is 11.8 Å². The summed E-state index contributed by atoms with van der Waals surface area (Å²) in [5, 5.41) is 3.96. The Balaban J connectivity index is 1.98. The van der Waals surface area contributed by atoms with Crippen molar-refractivity contribution in [2.75, 3.05) is 17.6 Å². The first-order chi connectivity index (χ1) is 6.68. The van der Waals surface area contributed by atoms with Crippen molar-refractivity contribution < 1.29 is 0 Å². The van der Waals surface area contributed by atoms with Crippen LogP contribution in [0.4, 0.5) is 11.4 Å². The molecule has 14 heavy (non-hydrogen) atoms. The Hall–Kier alpha value is -0.890. The van der Waals surface area contributed by atoms with Crippen LogP contribution in [0.15, 0.2) is 18.2 Å². The zero-order valence-electron chi connectivity index (χ0n) is 8.26. The zero-order chi connectivity index (χ0) is 10.1. The van der Waals surface area contributed by atoms with Gasteiger partial charge in [-0.25, -0.2) is 0 Å². The molecule has 0 amide bonds. The molecule has 0 saturated heterocycles. The van der Waals surface area contributed by atoms with Crippen molar-refractivity contribution in [1.82, 2.24) is 0 Å². The van der Waals surface area contributed by atoms with Crippen LogP contribution in [0.25, 0.3) is 0 Å². The summed E-state index contributed by atoms with van der Waals surface area (Å²) in [4.78, 5) is 0. The Bertz CT molecular complexity index is 338. The van der Waals surface area contributed by atoms with Crippen LogP contribution in [0.1, 0.15) is 13.3 Å². The number of para-hydroxylation sites is 1. The fraction of sp³-hybridized carbons (Fsp3) is 0.455. The number of rotatable bonds is 3. The molecule has 0 bridgehead atoms. The lowest BCUT2D eigenvalue weighted by molar-refractivity contribution is 0.787. The van der Waals surface area contributed by atoms with E-state index in [0.29, 0.717) is 10.7 Å².